The van der Waals surface area contributed by atoms with E-state index in [1.54, 1.807) is 10.9 Å². The Bertz CT molecular complexity index is 790. The van der Waals surface area contributed by atoms with Gasteiger partial charge in [0.05, 0.1) is 10.7 Å². The molecule has 1 atom stereocenters. The first-order valence-electron chi connectivity index (χ1n) is 9.38. The van der Waals surface area contributed by atoms with E-state index < -0.39 is 0 Å². The Labute approximate surface area is 165 Å². The van der Waals surface area contributed by atoms with Crippen LogP contribution in [0.5, 0.6) is 0 Å². The van der Waals surface area contributed by atoms with Crippen molar-refractivity contribution in [2.75, 3.05) is 23.3 Å². The predicted molar refractivity (Wildman–Crippen MR) is 108 cm³/mol. The molecule has 146 valence electrons. The predicted octanol–water partition coefficient (Wildman–Crippen LogP) is 3.46. The van der Waals surface area contributed by atoms with Crippen LogP contribution in [0.2, 0.25) is 5.02 Å². The Hall–Kier alpha value is -2.28. The standard InChI is InChI=1S/C19H27ClN6O/c1-13(2)6-7-14-11-17(25(3)24-14)23-19(27)22-15-8-10-26(12-15)18-16(20)5-4-9-21-18/h4-5,9,11,13,15H,6-8,10,12H2,1-3H3,(H2,22,23,27). The number of amides is 2. The normalized spacial score (nSPS) is 16.8. The van der Waals surface area contributed by atoms with Crippen LogP contribution in [0.15, 0.2) is 24.4 Å². The van der Waals surface area contributed by atoms with Gasteiger partial charge in [-0.15, -0.1) is 0 Å². The number of nitrogens with one attached hydrogen (secondary N) is 2. The van der Waals surface area contributed by atoms with Gasteiger partial charge in [0.2, 0.25) is 0 Å². The summed E-state index contributed by atoms with van der Waals surface area (Å²) in [6, 6.07) is 5.42. The van der Waals surface area contributed by atoms with Gasteiger partial charge in [-0.05, 0) is 37.3 Å². The molecule has 7 nitrogen and oxygen atoms in total. The summed E-state index contributed by atoms with van der Waals surface area (Å²) in [6.07, 6.45) is 4.58. The number of carbonyl (C=O) groups is 1. The van der Waals surface area contributed by atoms with Gasteiger partial charge in [0.25, 0.3) is 0 Å². The largest absolute Gasteiger partial charge is 0.353 e. The van der Waals surface area contributed by atoms with E-state index in [0.717, 1.165) is 37.3 Å². The van der Waals surface area contributed by atoms with Crippen LogP contribution in [0.4, 0.5) is 16.4 Å². The van der Waals surface area contributed by atoms with E-state index in [1.165, 1.54) is 0 Å². The van der Waals surface area contributed by atoms with Crippen LogP contribution in [-0.4, -0.2) is 39.9 Å². The number of nitrogens with zero attached hydrogens (tertiary/aromatic N) is 4. The summed E-state index contributed by atoms with van der Waals surface area (Å²) in [7, 11) is 1.84. The Kier molecular flexibility index (Phi) is 6.21. The zero-order valence-corrected chi connectivity index (χ0v) is 16.8. The third-order valence-electron chi connectivity index (χ3n) is 4.71. The maximum absolute atomic E-state index is 12.4. The highest BCUT2D eigenvalue weighted by atomic mass is 35.5. The van der Waals surface area contributed by atoms with Crippen LogP contribution in [0.25, 0.3) is 0 Å². The minimum absolute atomic E-state index is 0.0525. The molecule has 1 aliphatic heterocycles. The summed E-state index contributed by atoms with van der Waals surface area (Å²) in [4.78, 5) is 18.8. The fourth-order valence-electron chi connectivity index (χ4n) is 3.22. The maximum Gasteiger partial charge on any atom is 0.320 e. The van der Waals surface area contributed by atoms with Gasteiger partial charge in [-0.3, -0.25) is 10.00 Å². The van der Waals surface area contributed by atoms with E-state index in [1.807, 2.05) is 25.2 Å². The molecule has 2 aromatic rings. The summed E-state index contributed by atoms with van der Waals surface area (Å²) < 4.78 is 1.71. The van der Waals surface area contributed by atoms with Gasteiger partial charge >= 0.3 is 6.03 Å². The van der Waals surface area contributed by atoms with E-state index in [-0.39, 0.29) is 12.1 Å². The molecule has 1 fully saturated rings. The topological polar surface area (TPSA) is 75.1 Å². The summed E-state index contributed by atoms with van der Waals surface area (Å²) in [6.45, 7) is 5.89. The van der Waals surface area contributed by atoms with Crippen molar-refractivity contribution in [3.05, 3.63) is 35.1 Å². The molecular weight excluding hydrogens is 364 g/mol. The van der Waals surface area contributed by atoms with Gasteiger partial charge in [0, 0.05) is 38.4 Å². The number of urea groups is 1. The van der Waals surface area contributed by atoms with E-state index >= 15 is 0 Å². The Morgan fingerprint density at radius 1 is 1.44 bits per heavy atom. The number of rotatable bonds is 6. The lowest BCUT2D eigenvalue weighted by molar-refractivity contribution is 0.249. The molecule has 27 heavy (non-hydrogen) atoms. The molecule has 1 saturated heterocycles. The van der Waals surface area contributed by atoms with E-state index in [2.05, 4.69) is 39.5 Å². The number of pyridine rings is 1. The zero-order valence-electron chi connectivity index (χ0n) is 16.1. The molecular formula is C19H27ClN6O. The van der Waals surface area contributed by atoms with E-state index in [4.69, 9.17) is 11.6 Å². The monoisotopic (exact) mass is 390 g/mol. The van der Waals surface area contributed by atoms with Crippen LogP contribution in [-0.2, 0) is 13.5 Å². The molecule has 0 bridgehead atoms. The van der Waals surface area contributed by atoms with Crippen molar-refractivity contribution in [1.29, 1.82) is 0 Å². The number of halogens is 1. The summed E-state index contributed by atoms with van der Waals surface area (Å²) in [5.41, 5.74) is 0.998. The molecule has 2 amide bonds. The van der Waals surface area contributed by atoms with Gasteiger partial charge in [0.1, 0.15) is 11.6 Å². The minimum atomic E-state index is -0.215. The van der Waals surface area contributed by atoms with Crippen LogP contribution < -0.4 is 15.5 Å². The van der Waals surface area contributed by atoms with Gasteiger partial charge in [-0.2, -0.15) is 5.10 Å². The van der Waals surface area contributed by atoms with Crippen molar-refractivity contribution in [3.8, 4) is 0 Å². The second-order valence-electron chi connectivity index (χ2n) is 7.42. The average molecular weight is 391 g/mol. The van der Waals surface area contributed by atoms with Crippen LogP contribution in [0, 0.1) is 5.92 Å². The Morgan fingerprint density at radius 3 is 3.00 bits per heavy atom. The van der Waals surface area contributed by atoms with Crippen LogP contribution in [0.3, 0.4) is 0 Å². The summed E-state index contributed by atoms with van der Waals surface area (Å²) >= 11 is 6.22. The molecule has 0 saturated carbocycles. The van der Waals surface area contributed by atoms with Crippen LogP contribution >= 0.6 is 11.6 Å². The van der Waals surface area contributed by atoms with Gasteiger partial charge in [0.15, 0.2) is 0 Å². The van der Waals surface area contributed by atoms with Crippen molar-refractivity contribution in [2.45, 2.75) is 39.2 Å². The lowest BCUT2D eigenvalue weighted by Crippen LogP contribution is -2.40. The second kappa shape index (κ2) is 8.61. The van der Waals surface area contributed by atoms with Crippen molar-refractivity contribution < 1.29 is 4.79 Å². The zero-order chi connectivity index (χ0) is 19.4. The molecule has 0 radical (unpaired) electrons. The summed E-state index contributed by atoms with van der Waals surface area (Å²) in [5.74, 6) is 2.10. The van der Waals surface area contributed by atoms with Crippen molar-refractivity contribution in [1.82, 2.24) is 20.1 Å². The van der Waals surface area contributed by atoms with E-state index in [0.29, 0.717) is 23.3 Å². The SMILES string of the molecule is CC(C)CCc1cc(NC(=O)NC2CCN(c3ncccc3Cl)C2)n(C)n1. The van der Waals surface area contributed by atoms with Gasteiger partial charge < -0.3 is 10.2 Å². The fraction of sp³-hybridized carbons (Fsp3) is 0.526. The second-order valence-corrected chi connectivity index (χ2v) is 7.82. The first-order chi connectivity index (χ1) is 12.9. The molecule has 2 N–H and O–H groups in total. The molecule has 2 aromatic heterocycles. The van der Waals surface area contributed by atoms with Crippen molar-refractivity contribution in [3.63, 3.8) is 0 Å². The minimum Gasteiger partial charge on any atom is -0.353 e. The lowest BCUT2D eigenvalue weighted by atomic mass is 10.1. The third-order valence-corrected chi connectivity index (χ3v) is 5.01. The number of hydrogen-bond acceptors (Lipinski definition) is 4. The number of carbonyl (C=O) groups excluding carboxylic acids is 1. The molecule has 3 heterocycles. The number of hydrogen-bond donors (Lipinski definition) is 2. The smallest absolute Gasteiger partial charge is 0.320 e. The number of aryl methyl sites for hydroxylation is 2. The number of aromatic nitrogens is 3. The Balaban J connectivity index is 1.52. The summed E-state index contributed by atoms with van der Waals surface area (Å²) in [5, 5.41) is 11.0. The van der Waals surface area contributed by atoms with E-state index in [9.17, 15) is 4.79 Å². The molecule has 1 unspecified atom stereocenters. The Morgan fingerprint density at radius 2 is 2.26 bits per heavy atom. The molecule has 1 aliphatic rings. The molecule has 3 rings (SSSR count). The number of anilines is 2. The average Bonchev–Trinajstić information content (AvgIpc) is 3.20. The molecule has 0 aliphatic carbocycles. The van der Waals surface area contributed by atoms with Gasteiger partial charge in [-0.1, -0.05) is 25.4 Å². The fourth-order valence-corrected chi connectivity index (χ4v) is 3.46. The first kappa shape index (κ1) is 19.5. The van der Waals surface area contributed by atoms with Crippen molar-refractivity contribution in [2.24, 2.45) is 13.0 Å². The highest BCUT2D eigenvalue weighted by Gasteiger charge is 2.26. The third kappa shape index (κ3) is 5.13. The molecule has 0 aromatic carbocycles. The van der Waals surface area contributed by atoms with Crippen LogP contribution in [0.1, 0.15) is 32.4 Å². The first-order valence-corrected chi connectivity index (χ1v) is 9.76. The molecule has 8 heteroatoms. The highest BCUT2D eigenvalue weighted by Crippen LogP contribution is 2.25. The highest BCUT2D eigenvalue weighted by molar-refractivity contribution is 6.32. The van der Waals surface area contributed by atoms with Crippen molar-refractivity contribution >= 4 is 29.3 Å². The van der Waals surface area contributed by atoms with Gasteiger partial charge in [-0.25, -0.2) is 9.78 Å². The maximum atomic E-state index is 12.4. The quantitative estimate of drug-likeness (QED) is 0.792. The lowest BCUT2D eigenvalue weighted by Gasteiger charge is -2.19. The molecule has 0 spiro atoms.